The van der Waals surface area contributed by atoms with Gasteiger partial charge in [-0.1, -0.05) is 37.1 Å². The van der Waals surface area contributed by atoms with Gasteiger partial charge in [0, 0.05) is 6.42 Å². The average Bonchev–Trinajstić information content (AvgIpc) is 2.57. The Kier molecular flexibility index (Phi) is 2.53. The van der Waals surface area contributed by atoms with Gasteiger partial charge in [0.15, 0.2) is 5.78 Å². The lowest BCUT2D eigenvalue weighted by Crippen LogP contribution is -2.50. The number of halogens is 2. The third kappa shape index (κ3) is 1.42. The highest BCUT2D eigenvalue weighted by Gasteiger charge is 2.59. The van der Waals surface area contributed by atoms with Crippen molar-refractivity contribution in [1.82, 2.24) is 0 Å². The van der Waals surface area contributed by atoms with Crippen LogP contribution in [0.3, 0.4) is 0 Å². The smallest absolute Gasteiger partial charge is 0.150 e. The van der Waals surface area contributed by atoms with E-state index in [9.17, 15) is 4.79 Å². The fourth-order valence-electron chi connectivity index (χ4n) is 3.37. The van der Waals surface area contributed by atoms with Gasteiger partial charge >= 0.3 is 0 Å². The third-order valence-corrected chi connectivity index (χ3v) is 5.24. The molecule has 2 aliphatic carbocycles. The highest BCUT2D eigenvalue weighted by Crippen LogP contribution is 2.57. The van der Waals surface area contributed by atoms with E-state index in [-0.39, 0.29) is 5.78 Å². The molecule has 1 atom stereocenters. The van der Waals surface area contributed by atoms with Crippen molar-refractivity contribution in [3.63, 3.8) is 0 Å². The molecule has 0 amide bonds. The second-order valence-electron chi connectivity index (χ2n) is 5.07. The summed E-state index contributed by atoms with van der Waals surface area (Å²) in [5, 5.41) is 0. The largest absolute Gasteiger partial charge is 0.298 e. The molecule has 0 heterocycles. The monoisotopic (exact) mass is 268 g/mol. The molecule has 0 N–H and O–H groups in total. The molecular formula is C14H14Cl2O. The molecule has 0 saturated heterocycles. The molecule has 1 fully saturated rings. The maximum Gasteiger partial charge on any atom is 0.150 e. The van der Waals surface area contributed by atoms with E-state index in [1.807, 2.05) is 24.3 Å². The molecule has 90 valence electrons. The standard InChI is InChI=1S/C14H14Cl2O/c15-14(16)8-4-3-7-13(14)11-6-2-1-5-10(11)9-12(13)17/h1-2,5-6H,3-4,7-9H2. The molecule has 3 rings (SSSR count). The first-order valence-electron chi connectivity index (χ1n) is 6.07. The summed E-state index contributed by atoms with van der Waals surface area (Å²) >= 11 is 13.0. The SMILES string of the molecule is O=C1Cc2ccccc2C12CCCCC2(Cl)Cl. The molecule has 0 radical (unpaired) electrons. The first kappa shape index (κ1) is 11.6. The number of carbonyl (C=O) groups excluding carboxylic acids is 1. The maximum atomic E-state index is 12.5. The lowest BCUT2D eigenvalue weighted by Gasteiger charge is -2.43. The summed E-state index contributed by atoms with van der Waals surface area (Å²) in [6, 6.07) is 7.97. The topological polar surface area (TPSA) is 17.1 Å². The number of Topliss-reactive ketones (excluding diaryl/α,β-unsaturated/α-hetero) is 1. The van der Waals surface area contributed by atoms with Crippen molar-refractivity contribution >= 4 is 29.0 Å². The molecule has 0 aliphatic heterocycles. The second kappa shape index (κ2) is 3.73. The van der Waals surface area contributed by atoms with E-state index in [0.29, 0.717) is 12.8 Å². The van der Waals surface area contributed by atoms with Crippen LogP contribution in [0.2, 0.25) is 0 Å². The van der Waals surface area contributed by atoms with Gasteiger partial charge in [-0.2, -0.15) is 0 Å². The molecule has 2 aliphatic rings. The lowest BCUT2D eigenvalue weighted by atomic mass is 9.69. The first-order valence-corrected chi connectivity index (χ1v) is 6.83. The van der Waals surface area contributed by atoms with Gasteiger partial charge in [0.25, 0.3) is 0 Å². The predicted molar refractivity (Wildman–Crippen MR) is 69.7 cm³/mol. The Labute approximate surface area is 111 Å². The molecule has 1 saturated carbocycles. The minimum Gasteiger partial charge on any atom is -0.298 e. The number of hydrogen-bond donors (Lipinski definition) is 0. The molecule has 1 aromatic rings. The molecular weight excluding hydrogens is 255 g/mol. The summed E-state index contributed by atoms with van der Waals surface area (Å²) in [4.78, 5) is 12.5. The van der Waals surface area contributed by atoms with Gasteiger partial charge in [0.05, 0.1) is 5.41 Å². The van der Waals surface area contributed by atoms with Crippen LogP contribution < -0.4 is 0 Å². The van der Waals surface area contributed by atoms with Crippen LogP contribution in [0, 0.1) is 0 Å². The lowest BCUT2D eigenvalue weighted by molar-refractivity contribution is -0.124. The predicted octanol–water partition coefficient (Wildman–Crippen LogP) is 3.80. The van der Waals surface area contributed by atoms with Crippen LogP contribution >= 0.6 is 23.2 Å². The quantitative estimate of drug-likeness (QED) is 0.655. The molecule has 17 heavy (non-hydrogen) atoms. The van der Waals surface area contributed by atoms with Crippen molar-refractivity contribution in [2.24, 2.45) is 0 Å². The van der Waals surface area contributed by atoms with Crippen LogP contribution in [0.1, 0.15) is 36.8 Å². The van der Waals surface area contributed by atoms with Gasteiger partial charge in [0.1, 0.15) is 4.33 Å². The molecule has 1 aromatic carbocycles. The third-order valence-electron chi connectivity index (χ3n) is 4.22. The Morgan fingerprint density at radius 1 is 1.06 bits per heavy atom. The normalized spacial score (nSPS) is 30.6. The summed E-state index contributed by atoms with van der Waals surface area (Å²) in [5.41, 5.74) is 1.52. The van der Waals surface area contributed by atoms with Crippen LogP contribution in [-0.4, -0.2) is 10.1 Å². The zero-order valence-corrected chi connectivity index (χ0v) is 11.0. The minimum atomic E-state index is -0.936. The van der Waals surface area contributed by atoms with Gasteiger partial charge in [-0.05, 0) is 24.0 Å². The molecule has 3 heteroatoms. The number of fused-ring (bicyclic) bond motifs is 2. The first-order chi connectivity index (χ1) is 8.08. The van der Waals surface area contributed by atoms with Crippen molar-refractivity contribution in [3.8, 4) is 0 Å². The zero-order valence-electron chi connectivity index (χ0n) is 9.51. The number of rotatable bonds is 0. The molecule has 0 aromatic heterocycles. The Bertz CT molecular complexity index is 481. The number of hydrogen-bond acceptors (Lipinski definition) is 1. The van der Waals surface area contributed by atoms with Crippen molar-refractivity contribution in [2.45, 2.75) is 41.9 Å². The summed E-state index contributed by atoms with van der Waals surface area (Å²) < 4.78 is -0.936. The number of benzene rings is 1. The Hall–Kier alpha value is -0.530. The Morgan fingerprint density at radius 3 is 2.53 bits per heavy atom. The van der Waals surface area contributed by atoms with E-state index in [0.717, 1.165) is 30.4 Å². The van der Waals surface area contributed by atoms with Crippen molar-refractivity contribution in [1.29, 1.82) is 0 Å². The Morgan fingerprint density at radius 2 is 1.76 bits per heavy atom. The van der Waals surface area contributed by atoms with Gasteiger partial charge in [0.2, 0.25) is 0 Å². The second-order valence-corrected chi connectivity index (χ2v) is 6.56. The van der Waals surface area contributed by atoms with Crippen molar-refractivity contribution in [2.75, 3.05) is 0 Å². The highest BCUT2D eigenvalue weighted by atomic mass is 35.5. The van der Waals surface area contributed by atoms with Crippen molar-refractivity contribution in [3.05, 3.63) is 35.4 Å². The van der Waals surface area contributed by atoms with E-state index < -0.39 is 9.75 Å². The number of ketones is 1. The summed E-state index contributed by atoms with van der Waals surface area (Å²) in [6.45, 7) is 0. The molecule has 1 unspecified atom stereocenters. The van der Waals surface area contributed by atoms with Crippen LogP contribution in [-0.2, 0) is 16.6 Å². The molecule has 1 nitrogen and oxygen atoms in total. The fourth-order valence-corrected chi connectivity index (χ4v) is 4.24. The fraction of sp³-hybridized carbons (Fsp3) is 0.500. The van der Waals surface area contributed by atoms with Crippen LogP contribution in [0.4, 0.5) is 0 Å². The van der Waals surface area contributed by atoms with Gasteiger partial charge in [-0.15, -0.1) is 23.2 Å². The maximum absolute atomic E-state index is 12.5. The Balaban J connectivity index is 2.21. The molecule has 0 bridgehead atoms. The highest BCUT2D eigenvalue weighted by molar-refractivity contribution is 6.51. The van der Waals surface area contributed by atoms with E-state index >= 15 is 0 Å². The van der Waals surface area contributed by atoms with Crippen LogP contribution in [0.25, 0.3) is 0 Å². The summed E-state index contributed by atoms with van der Waals surface area (Å²) in [7, 11) is 0. The van der Waals surface area contributed by atoms with Gasteiger partial charge in [-0.3, -0.25) is 4.79 Å². The van der Waals surface area contributed by atoms with E-state index in [4.69, 9.17) is 23.2 Å². The number of carbonyl (C=O) groups is 1. The van der Waals surface area contributed by atoms with Crippen LogP contribution in [0.15, 0.2) is 24.3 Å². The van der Waals surface area contributed by atoms with E-state index in [1.165, 1.54) is 0 Å². The minimum absolute atomic E-state index is 0.198. The van der Waals surface area contributed by atoms with E-state index in [1.54, 1.807) is 0 Å². The summed E-state index contributed by atoms with van der Waals surface area (Å²) in [6.07, 6.45) is 4.01. The van der Waals surface area contributed by atoms with Gasteiger partial charge < -0.3 is 0 Å². The van der Waals surface area contributed by atoms with Crippen molar-refractivity contribution < 1.29 is 4.79 Å². The van der Waals surface area contributed by atoms with E-state index in [2.05, 4.69) is 0 Å². The van der Waals surface area contributed by atoms with Crippen LogP contribution in [0.5, 0.6) is 0 Å². The zero-order chi connectivity index (χ0) is 12.1. The molecule has 1 spiro atoms. The number of alkyl halides is 2. The van der Waals surface area contributed by atoms with Gasteiger partial charge in [-0.25, -0.2) is 0 Å². The average molecular weight is 269 g/mol. The summed E-state index contributed by atoms with van der Waals surface area (Å²) in [5.74, 6) is 0.198.